The zero-order chi connectivity index (χ0) is 17.3. The molecule has 0 saturated heterocycles. The fourth-order valence-corrected chi connectivity index (χ4v) is 5.11. The molecule has 0 spiro atoms. The Morgan fingerprint density at radius 3 is 1.74 bits per heavy atom. The van der Waals surface area contributed by atoms with E-state index in [4.69, 9.17) is 9.29 Å². The summed E-state index contributed by atoms with van der Waals surface area (Å²) in [6, 6.07) is 0. The fraction of sp³-hybridized carbons (Fsp3) is 0.923. The highest BCUT2D eigenvalue weighted by molar-refractivity contribution is 7.87. The first-order valence-corrected chi connectivity index (χ1v) is 8.76. The van der Waals surface area contributed by atoms with E-state index in [0.29, 0.717) is 19.3 Å². The molecular formula is C13H16F4O5S. The number of hydrogen-bond donors (Lipinski definition) is 1. The summed E-state index contributed by atoms with van der Waals surface area (Å²) >= 11 is 0. The van der Waals surface area contributed by atoms with Gasteiger partial charge in [0.05, 0.1) is 0 Å². The van der Waals surface area contributed by atoms with Crippen LogP contribution >= 0.6 is 0 Å². The van der Waals surface area contributed by atoms with Gasteiger partial charge >= 0.3 is 27.3 Å². The summed E-state index contributed by atoms with van der Waals surface area (Å²) in [6.07, 6.45) is 3.73. The normalized spacial score (nSPS) is 37.0. The molecule has 0 aliphatic heterocycles. The Kier molecular flexibility index (Phi) is 3.54. The topological polar surface area (TPSA) is 80.7 Å². The van der Waals surface area contributed by atoms with Crippen LogP contribution in [0.1, 0.15) is 38.5 Å². The van der Waals surface area contributed by atoms with Crippen LogP contribution in [0.3, 0.4) is 0 Å². The Morgan fingerprint density at radius 1 is 1.00 bits per heavy atom. The van der Waals surface area contributed by atoms with E-state index in [2.05, 4.69) is 0 Å². The maximum Gasteiger partial charge on any atom is 0.443 e. The lowest BCUT2D eigenvalue weighted by molar-refractivity contribution is -0.232. The minimum absolute atomic E-state index is 0.213. The minimum atomic E-state index is -6.46. The van der Waals surface area contributed by atoms with E-state index < -0.39 is 32.9 Å². The molecular weight excluding hydrogens is 344 g/mol. The number of halogens is 4. The molecule has 1 N–H and O–H groups in total. The van der Waals surface area contributed by atoms with Crippen LogP contribution in [-0.4, -0.2) is 35.7 Å². The van der Waals surface area contributed by atoms with E-state index in [1.165, 1.54) is 0 Å². The molecule has 4 aliphatic carbocycles. The lowest BCUT2D eigenvalue weighted by Crippen LogP contribution is -2.58. The molecule has 0 radical (unpaired) electrons. The third kappa shape index (κ3) is 2.54. The molecule has 0 aromatic carbocycles. The molecule has 4 fully saturated rings. The number of carbonyl (C=O) groups excluding carboxylic acids is 1. The monoisotopic (exact) mass is 360 g/mol. The van der Waals surface area contributed by atoms with Gasteiger partial charge in [0.15, 0.2) is 0 Å². The first kappa shape index (κ1) is 16.9. The van der Waals surface area contributed by atoms with Crippen LogP contribution in [-0.2, 0) is 19.6 Å². The van der Waals surface area contributed by atoms with Gasteiger partial charge in [-0.2, -0.15) is 26.0 Å². The van der Waals surface area contributed by atoms with Crippen molar-refractivity contribution in [1.29, 1.82) is 0 Å². The standard InChI is InChI=1S/C13H16F4O5S/c14-12(15,13(16,17)23(19,20)21)10(18)22-11-4-7-1-8(5-11)3-9(2-7)6-11/h7-9H,1-6H2,(H,19,20,21). The predicted molar refractivity (Wildman–Crippen MR) is 68.4 cm³/mol. The average Bonchev–Trinajstić information content (AvgIpc) is 2.34. The highest BCUT2D eigenvalue weighted by Crippen LogP contribution is 2.57. The summed E-state index contributed by atoms with van der Waals surface area (Å²) in [5, 5.41) is -5.93. The summed E-state index contributed by atoms with van der Waals surface area (Å²) < 4.78 is 87.7. The summed E-state index contributed by atoms with van der Waals surface area (Å²) in [6.45, 7) is 0. The molecule has 0 heterocycles. The van der Waals surface area contributed by atoms with Crippen molar-refractivity contribution in [2.24, 2.45) is 17.8 Å². The molecule has 23 heavy (non-hydrogen) atoms. The molecule has 10 heteroatoms. The van der Waals surface area contributed by atoms with E-state index in [1.54, 1.807) is 0 Å². The number of esters is 1. The quantitative estimate of drug-likeness (QED) is 0.474. The summed E-state index contributed by atoms with van der Waals surface area (Å²) in [4.78, 5) is 11.6. The largest absolute Gasteiger partial charge is 0.454 e. The second-order valence-electron chi connectivity index (χ2n) is 7.06. The maximum absolute atomic E-state index is 13.6. The first-order valence-electron chi connectivity index (χ1n) is 7.32. The molecule has 0 atom stereocenters. The summed E-state index contributed by atoms with van der Waals surface area (Å²) in [7, 11) is -6.46. The fourth-order valence-electron chi connectivity index (χ4n) is 4.70. The van der Waals surface area contributed by atoms with E-state index >= 15 is 0 Å². The zero-order valence-corrected chi connectivity index (χ0v) is 12.8. The number of carbonyl (C=O) groups is 1. The molecule has 5 nitrogen and oxygen atoms in total. The highest BCUT2D eigenvalue weighted by atomic mass is 32.2. The van der Waals surface area contributed by atoms with Gasteiger partial charge in [0.25, 0.3) is 0 Å². The van der Waals surface area contributed by atoms with Gasteiger partial charge in [-0.05, 0) is 56.3 Å². The Bertz CT molecular complexity index is 595. The molecule has 0 unspecified atom stereocenters. The molecule has 0 aromatic heterocycles. The van der Waals surface area contributed by atoms with Gasteiger partial charge in [-0.25, -0.2) is 4.79 Å². The predicted octanol–water partition coefficient (Wildman–Crippen LogP) is 2.61. The number of hydrogen-bond acceptors (Lipinski definition) is 4. The number of ether oxygens (including phenoxy) is 1. The van der Waals surface area contributed by atoms with Gasteiger partial charge in [-0.15, -0.1) is 0 Å². The van der Waals surface area contributed by atoms with E-state index in [-0.39, 0.29) is 17.8 Å². The lowest BCUT2D eigenvalue weighted by Gasteiger charge is -2.55. The lowest BCUT2D eigenvalue weighted by atomic mass is 9.54. The Balaban J connectivity index is 1.82. The number of alkyl halides is 4. The van der Waals surface area contributed by atoms with Gasteiger partial charge in [0.1, 0.15) is 5.60 Å². The molecule has 0 amide bonds. The Hall–Kier alpha value is -0.900. The maximum atomic E-state index is 13.6. The summed E-state index contributed by atoms with van der Waals surface area (Å²) in [5.41, 5.74) is -1.22. The zero-order valence-electron chi connectivity index (χ0n) is 12.0. The molecule has 4 rings (SSSR count). The van der Waals surface area contributed by atoms with Gasteiger partial charge in [0, 0.05) is 0 Å². The second kappa shape index (κ2) is 4.81. The van der Waals surface area contributed by atoms with Crippen molar-refractivity contribution in [3.8, 4) is 0 Å². The Labute approximate surface area is 130 Å². The minimum Gasteiger partial charge on any atom is -0.454 e. The molecule has 4 bridgehead atoms. The average molecular weight is 360 g/mol. The van der Waals surface area contributed by atoms with Crippen LogP contribution in [0, 0.1) is 17.8 Å². The molecule has 132 valence electrons. The van der Waals surface area contributed by atoms with Crippen LogP contribution in [0.15, 0.2) is 0 Å². The van der Waals surface area contributed by atoms with Gasteiger partial charge in [-0.3, -0.25) is 4.55 Å². The van der Waals surface area contributed by atoms with Crippen molar-refractivity contribution in [3.05, 3.63) is 0 Å². The van der Waals surface area contributed by atoms with Crippen molar-refractivity contribution >= 4 is 16.1 Å². The second-order valence-corrected chi connectivity index (χ2v) is 8.52. The van der Waals surface area contributed by atoms with Crippen molar-refractivity contribution in [1.82, 2.24) is 0 Å². The highest BCUT2D eigenvalue weighted by Gasteiger charge is 2.72. The Morgan fingerprint density at radius 2 is 1.39 bits per heavy atom. The van der Waals surface area contributed by atoms with Crippen LogP contribution < -0.4 is 0 Å². The van der Waals surface area contributed by atoms with Crippen molar-refractivity contribution in [2.75, 3.05) is 0 Å². The third-order valence-corrected chi connectivity index (χ3v) is 6.14. The van der Waals surface area contributed by atoms with Crippen molar-refractivity contribution in [2.45, 2.75) is 55.3 Å². The van der Waals surface area contributed by atoms with E-state index in [9.17, 15) is 30.8 Å². The van der Waals surface area contributed by atoms with Gasteiger partial charge in [0.2, 0.25) is 0 Å². The first-order chi connectivity index (χ1) is 10.4. The van der Waals surface area contributed by atoms with Gasteiger partial charge in [-0.1, -0.05) is 0 Å². The van der Waals surface area contributed by atoms with Crippen LogP contribution in [0.4, 0.5) is 17.6 Å². The van der Waals surface area contributed by atoms with Crippen molar-refractivity contribution < 1.29 is 40.1 Å². The van der Waals surface area contributed by atoms with E-state index in [1.807, 2.05) is 0 Å². The SMILES string of the molecule is O=C(OC12CC3CC(CC(C3)C1)C2)C(F)(F)C(F)(F)S(=O)(=O)O. The van der Waals surface area contributed by atoms with Gasteiger partial charge < -0.3 is 4.74 Å². The third-order valence-electron chi connectivity index (χ3n) is 5.24. The summed E-state index contributed by atoms with van der Waals surface area (Å²) in [5.74, 6) is -7.61. The van der Waals surface area contributed by atoms with E-state index in [0.717, 1.165) is 19.3 Å². The smallest absolute Gasteiger partial charge is 0.443 e. The molecule has 4 saturated carbocycles. The van der Waals surface area contributed by atoms with Crippen LogP contribution in [0.5, 0.6) is 0 Å². The molecule has 4 aliphatic rings. The van der Waals surface area contributed by atoms with Crippen LogP contribution in [0.2, 0.25) is 0 Å². The van der Waals surface area contributed by atoms with Crippen molar-refractivity contribution in [3.63, 3.8) is 0 Å². The molecule has 0 aromatic rings. The van der Waals surface area contributed by atoms with Crippen LogP contribution in [0.25, 0.3) is 0 Å². The number of rotatable bonds is 4.